The van der Waals surface area contributed by atoms with E-state index in [1.165, 1.54) is 4.90 Å². The van der Waals surface area contributed by atoms with Gasteiger partial charge in [0, 0.05) is 45.7 Å². The van der Waals surface area contributed by atoms with Gasteiger partial charge >= 0.3 is 6.09 Å². The van der Waals surface area contributed by atoms with Crippen LogP contribution in [0.4, 0.5) is 21.9 Å². The molecule has 1 N–H and O–H groups in total. The van der Waals surface area contributed by atoms with Gasteiger partial charge in [-0.15, -0.1) is 0 Å². The topological polar surface area (TPSA) is 50.8 Å². The van der Waals surface area contributed by atoms with E-state index < -0.39 is 11.7 Å². The van der Waals surface area contributed by atoms with Crippen LogP contribution in [0.5, 0.6) is 5.75 Å². The Morgan fingerprint density at radius 3 is 2.17 bits per heavy atom. The van der Waals surface area contributed by atoms with Gasteiger partial charge in [0.05, 0.1) is 12.8 Å². The average Bonchev–Trinajstić information content (AvgIpc) is 2.73. The SMILES string of the molecule is COc1cc(Nc2ccc(Cl)cc2)cc2c1N(C)C(=O)OC2(C)c1ccc(Cl)cc1. The number of hydrogen-bond acceptors (Lipinski definition) is 4. The lowest BCUT2D eigenvalue weighted by Gasteiger charge is -2.40. The van der Waals surface area contributed by atoms with Crippen LogP contribution in [-0.4, -0.2) is 20.3 Å². The number of methoxy groups -OCH3 is 1. The van der Waals surface area contributed by atoms with E-state index in [0.717, 1.165) is 22.5 Å². The van der Waals surface area contributed by atoms with E-state index in [0.29, 0.717) is 21.5 Å². The quantitative estimate of drug-likeness (QED) is 0.494. The molecule has 4 rings (SSSR count). The number of carbonyl (C=O) groups excluding carboxylic acids is 1. The van der Waals surface area contributed by atoms with Gasteiger partial charge in [-0.2, -0.15) is 0 Å². The van der Waals surface area contributed by atoms with Crippen molar-refractivity contribution in [3.63, 3.8) is 0 Å². The van der Waals surface area contributed by atoms with Gasteiger partial charge in [0.25, 0.3) is 0 Å². The largest absolute Gasteiger partial charge is 0.494 e. The Labute approximate surface area is 185 Å². The molecule has 0 spiro atoms. The van der Waals surface area contributed by atoms with Crippen LogP contribution in [0.25, 0.3) is 0 Å². The zero-order chi connectivity index (χ0) is 21.5. The predicted molar refractivity (Wildman–Crippen MR) is 121 cm³/mol. The minimum Gasteiger partial charge on any atom is -0.494 e. The molecule has 0 bridgehead atoms. The summed E-state index contributed by atoms with van der Waals surface area (Å²) in [4.78, 5) is 14.1. The first-order valence-electron chi connectivity index (χ1n) is 9.29. The van der Waals surface area contributed by atoms with Crippen LogP contribution in [-0.2, 0) is 10.3 Å². The molecule has 3 aromatic rings. The molecule has 0 aliphatic carbocycles. The van der Waals surface area contributed by atoms with Gasteiger partial charge in [-0.05, 0) is 49.4 Å². The van der Waals surface area contributed by atoms with E-state index in [1.54, 1.807) is 26.3 Å². The predicted octanol–water partition coefficient (Wildman–Crippen LogP) is 6.60. The first-order valence-corrected chi connectivity index (χ1v) is 10.1. The van der Waals surface area contributed by atoms with E-state index in [4.69, 9.17) is 32.7 Å². The molecule has 0 radical (unpaired) electrons. The smallest absolute Gasteiger partial charge is 0.415 e. The minimum absolute atomic E-state index is 0.461. The molecule has 1 aliphatic rings. The van der Waals surface area contributed by atoms with Crippen LogP contribution >= 0.6 is 23.2 Å². The maximum Gasteiger partial charge on any atom is 0.415 e. The van der Waals surface area contributed by atoms with E-state index in [9.17, 15) is 4.79 Å². The molecule has 154 valence electrons. The third-order valence-corrected chi connectivity index (χ3v) is 5.74. The van der Waals surface area contributed by atoms with Gasteiger partial charge in [-0.25, -0.2) is 4.79 Å². The summed E-state index contributed by atoms with van der Waals surface area (Å²) in [7, 11) is 3.24. The number of anilines is 3. The van der Waals surface area contributed by atoms with Crippen LogP contribution in [0.2, 0.25) is 10.0 Å². The summed E-state index contributed by atoms with van der Waals surface area (Å²) >= 11 is 12.1. The summed E-state index contributed by atoms with van der Waals surface area (Å²) in [5.74, 6) is 0.559. The maximum absolute atomic E-state index is 12.7. The second kappa shape index (κ2) is 7.74. The van der Waals surface area contributed by atoms with Gasteiger partial charge < -0.3 is 14.8 Å². The first kappa shape index (κ1) is 20.4. The number of benzene rings is 3. The summed E-state index contributed by atoms with van der Waals surface area (Å²) in [5, 5.41) is 4.63. The number of halogens is 2. The van der Waals surface area contributed by atoms with Crippen LogP contribution in [0.1, 0.15) is 18.1 Å². The lowest BCUT2D eigenvalue weighted by molar-refractivity contribution is 0.0520. The second-order valence-corrected chi connectivity index (χ2v) is 8.05. The maximum atomic E-state index is 12.7. The van der Waals surface area contributed by atoms with Gasteiger partial charge in [-0.1, -0.05) is 35.3 Å². The lowest BCUT2D eigenvalue weighted by Crippen LogP contribution is -2.43. The van der Waals surface area contributed by atoms with Crippen LogP contribution < -0.4 is 15.0 Å². The molecule has 0 saturated heterocycles. The minimum atomic E-state index is -1.02. The van der Waals surface area contributed by atoms with Crippen molar-refractivity contribution in [3.05, 3.63) is 81.8 Å². The summed E-state index contributed by atoms with van der Waals surface area (Å²) in [5.41, 5.74) is 2.90. The normalized spacial score (nSPS) is 17.9. The van der Waals surface area contributed by atoms with Crippen molar-refractivity contribution in [1.82, 2.24) is 0 Å². The molecule has 0 aromatic heterocycles. The summed E-state index contributed by atoms with van der Waals surface area (Å²) in [6.07, 6.45) is -0.461. The number of ether oxygens (including phenoxy) is 2. The Balaban J connectivity index is 1.88. The van der Waals surface area contributed by atoms with Crippen molar-refractivity contribution in [3.8, 4) is 5.75 Å². The molecule has 1 atom stereocenters. The lowest BCUT2D eigenvalue weighted by atomic mass is 9.85. The fraction of sp³-hybridized carbons (Fsp3) is 0.174. The van der Waals surface area contributed by atoms with Crippen LogP contribution in [0.15, 0.2) is 60.7 Å². The molecule has 0 fully saturated rings. The van der Waals surface area contributed by atoms with E-state index in [-0.39, 0.29) is 0 Å². The second-order valence-electron chi connectivity index (χ2n) is 7.17. The van der Waals surface area contributed by atoms with Crippen molar-refractivity contribution in [1.29, 1.82) is 0 Å². The van der Waals surface area contributed by atoms with E-state index >= 15 is 0 Å². The Morgan fingerprint density at radius 2 is 1.57 bits per heavy atom. The fourth-order valence-corrected chi connectivity index (χ4v) is 3.87. The number of carbonyl (C=O) groups is 1. The Bertz CT molecular complexity index is 1100. The monoisotopic (exact) mass is 442 g/mol. The molecule has 0 saturated carbocycles. The molecule has 1 aliphatic heterocycles. The average molecular weight is 443 g/mol. The van der Waals surface area contributed by atoms with Gasteiger partial charge in [-0.3, -0.25) is 4.90 Å². The number of amides is 1. The summed E-state index contributed by atoms with van der Waals surface area (Å²) in [6.45, 7) is 1.87. The third-order valence-electron chi connectivity index (χ3n) is 5.24. The van der Waals surface area contributed by atoms with Gasteiger partial charge in [0.2, 0.25) is 0 Å². The highest BCUT2D eigenvalue weighted by Crippen LogP contribution is 2.48. The zero-order valence-corrected chi connectivity index (χ0v) is 18.2. The summed E-state index contributed by atoms with van der Waals surface area (Å²) in [6, 6.07) is 18.5. The third kappa shape index (κ3) is 3.55. The van der Waals surface area contributed by atoms with Gasteiger partial charge in [0.1, 0.15) is 5.75 Å². The molecular formula is C23H20Cl2N2O3. The number of nitrogens with one attached hydrogen (secondary N) is 1. The molecular weight excluding hydrogens is 423 g/mol. The number of nitrogens with zero attached hydrogens (tertiary/aromatic N) is 1. The number of cyclic esters (lactones) is 1. The number of fused-ring (bicyclic) bond motifs is 1. The van der Waals surface area contributed by atoms with Crippen molar-refractivity contribution in [2.24, 2.45) is 0 Å². The van der Waals surface area contributed by atoms with Crippen LogP contribution in [0.3, 0.4) is 0 Å². The molecule has 3 aromatic carbocycles. The molecule has 7 heteroatoms. The molecule has 1 heterocycles. The Morgan fingerprint density at radius 1 is 0.967 bits per heavy atom. The Kier molecular flexibility index (Phi) is 5.26. The number of hydrogen-bond donors (Lipinski definition) is 1. The Hall–Kier alpha value is -2.89. The highest BCUT2D eigenvalue weighted by molar-refractivity contribution is 6.30. The molecule has 5 nitrogen and oxygen atoms in total. The van der Waals surface area contributed by atoms with Gasteiger partial charge in [0.15, 0.2) is 5.60 Å². The summed E-state index contributed by atoms with van der Waals surface area (Å²) < 4.78 is 11.5. The van der Waals surface area contributed by atoms with Crippen molar-refractivity contribution >= 4 is 46.4 Å². The van der Waals surface area contributed by atoms with E-state index in [1.807, 2.05) is 55.5 Å². The van der Waals surface area contributed by atoms with Crippen molar-refractivity contribution < 1.29 is 14.3 Å². The standard InChI is InChI=1S/C23H20Cl2N2O3/c1-23(14-4-6-15(24)7-5-14)19-12-18(26-17-10-8-16(25)9-11-17)13-20(29-3)21(19)27(2)22(28)30-23/h4-13,26H,1-3H3. The van der Waals surface area contributed by atoms with Crippen molar-refractivity contribution in [2.75, 3.05) is 24.4 Å². The fourth-order valence-electron chi connectivity index (χ4n) is 3.62. The molecule has 1 unspecified atom stereocenters. The first-order chi connectivity index (χ1) is 14.3. The van der Waals surface area contributed by atoms with Crippen molar-refractivity contribution in [2.45, 2.75) is 12.5 Å². The number of rotatable bonds is 4. The van der Waals surface area contributed by atoms with E-state index in [2.05, 4.69) is 5.32 Å². The highest BCUT2D eigenvalue weighted by Gasteiger charge is 2.43. The highest BCUT2D eigenvalue weighted by atomic mass is 35.5. The zero-order valence-electron chi connectivity index (χ0n) is 16.7. The van der Waals surface area contributed by atoms with Crippen LogP contribution in [0, 0.1) is 0 Å². The molecule has 1 amide bonds. The molecule has 30 heavy (non-hydrogen) atoms.